The van der Waals surface area contributed by atoms with E-state index >= 15 is 0 Å². The molecule has 0 heterocycles. The Morgan fingerprint density at radius 2 is 1.27 bits per heavy atom. The van der Waals surface area contributed by atoms with Crippen molar-refractivity contribution in [3.05, 3.63) is 118 Å². The van der Waals surface area contributed by atoms with Crippen LogP contribution in [0.4, 0.5) is 0 Å². The number of halogens is 2. The summed E-state index contributed by atoms with van der Waals surface area (Å²) < 4.78 is 31.5. The largest absolute Gasteiger partial charge is 0.744 e. The van der Waals surface area contributed by atoms with Crippen LogP contribution in [0.1, 0.15) is 11.1 Å². The van der Waals surface area contributed by atoms with Crippen molar-refractivity contribution in [2.45, 2.75) is 33.4 Å². The van der Waals surface area contributed by atoms with Gasteiger partial charge in [0.05, 0.1) is 20.8 Å². The van der Waals surface area contributed by atoms with Crippen LogP contribution in [-0.4, -0.2) is 13.0 Å². The van der Waals surface area contributed by atoms with E-state index in [4.69, 9.17) is 23.2 Å². The van der Waals surface area contributed by atoms with Crippen LogP contribution in [0.3, 0.4) is 0 Å². The van der Waals surface area contributed by atoms with Crippen molar-refractivity contribution in [2.75, 3.05) is 0 Å². The average molecular weight is 517 g/mol. The van der Waals surface area contributed by atoms with Gasteiger partial charge in [-0.2, -0.15) is 0 Å². The molecule has 0 aliphatic carbocycles. The van der Waals surface area contributed by atoms with Crippen LogP contribution < -0.4 is 0 Å². The van der Waals surface area contributed by atoms with Gasteiger partial charge in [0.15, 0.2) is 14.7 Å². The summed E-state index contributed by atoms with van der Waals surface area (Å²) in [7, 11) is -4.56. The van der Waals surface area contributed by atoms with Crippen molar-refractivity contribution in [3.63, 3.8) is 0 Å². The maximum atomic E-state index is 10.5. The molecular formula is C26H22Cl2O3S2. The van der Waals surface area contributed by atoms with E-state index in [1.54, 1.807) is 0 Å². The summed E-state index contributed by atoms with van der Waals surface area (Å²) in [6, 6.07) is 32.1. The van der Waals surface area contributed by atoms with Gasteiger partial charge in [-0.25, -0.2) is 8.42 Å². The Morgan fingerprint density at radius 3 is 1.73 bits per heavy atom. The molecule has 33 heavy (non-hydrogen) atoms. The van der Waals surface area contributed by atoms with Crippen LogP contribution in [0.5, 0.6) is 0 Å². The maximum Gasteiger partial charge on any atom is 0.169 e. The van der Waals surface area contributed by atoms with E-state index < -0.39 is 15.0 Å². The van der Waals surface area contributed by atoms with Crippen molar-refractivity contribution in [3.8, 4) is 0 Å². The molecule has 0 fully saturated rings. The first kappa shape index (κ1) is 25.3. The minimum Gasteiger partial charge on any atom is -0.744 e. The van der Waals surface area contributed by atoms with Crippen LogP contribution in [0.15, 0.2) is 117 Å². The highest BCUT2D eigenvalue weighted by atomic mass is 35.5. The molecule has 0 saturated heterocycles. The molecule has 0 N–H and O–H groups in total. The highest BCUT2D eigenvalue weighted by Crippen LogP contribution is 2.33. The normalized spacial score (nSPS) is 11.1. The van der Waals surface area contributed by atoms with Crippen LogP contribution >= 0.6 is 23.2 Å². The highest BCUT2D eigenvalue weighted by molar-refractivity contribution is 7.97. The van der Waals surface area contributed by atoms with E-state index in [1.165, 1.54) is 37.9 Å². The lowest BCUT2D eigenvalue weighted by Gasteiger charge is -2.10. The summed E-state index contributed by atoms with van der Waals surface area (Å²) in [5, 5.41) is 0.0447. The van der Waals surface area contributed by atoms with E-state index in [1.807, 2.05) is 0 Å². The van der Waals surface area contributed by atoms with Gasteiger partial charge in [-0.3, -0.25) is 0 Å². The molecule has 7 heteroatoms. The molecule has 3 nitrogen and oxygen atoms in total. The van der Waals surface area contributed by atoms with Crippen LogP contribution in [-0.2, 0) is 21.0 Å². The lowest BCUT2D eigenvalue weighted by atomic mass is 10.2. The standard InChI is InChI=1S/C20H19S.C6H4Cl2O3S/c1-16-13-14-20(17(2)15-16)21(18-9-5-3-6-10-18)19-11-7-4-8-12-19;7-4-1-2-5(8)6(3-4)12(9,10)11/h3-15H,1-2H3;1-3H,(H,9,10,11)/q+1;/p-1. The van der Waals surface area contributed by atoms with E-state index in [0.717, 1.165) is 6.07 Å². The Kier molecular flexibility index (Phi) is 8.63. The quantitative estimate of drug-likeness (QED) is 0.211. The molecule has 4 aromatic carbocycles. The van der Waals surface area contributed by atoms with Gasteiger partial charge in [0, 0.05) is 10.6 Å². The third-order valence-corrected chi connectivity index (χ3v) is 8.61. The zero-order valence-corrected chi connectivity index (χ0v) is 21.2. The predicted molar refractivity (Wildman–Crippen MR) is 135 cm³/mol. The molecule has 170 valence electrons. The Labute approximate surface area is 208 Å². The van der Waals surface area contributed by atoms with E-state index in [-0.39, 0.29) is 20.9 Å². The number of benzene rings is 4. The van der Waals surface area contributed by atoms with Gasteiger partial charge in [0.25, 0.3) is 0 Å². The van der Waals surface area contributed by atoms with Crippen LogP contribution in [0.25, 0.3) is 0 Å². The van der Waals surface area contributed by atoms with Crippen LogP contribution in [0.2, 0.25) is 10.0 Å². The molecule has 0 spiro atoms. The summed E-state index contributed by atoms with van der Waals surface area (Å²) in [6.45, 7) is 4.37. The van der Waals surface area contributed by atoms with Crippen molar-refractivity contribution in [1.82, 2.24) is 0 Å². The van der Waals surface area contributed by atoms with Gasteiger partial charge in [-0.1, -0.05) is 77.3 Å². The molecule has 0 amide bonds. The first-order chi connectivity index (χ1) is 15.7. The average Bonchev–Trinajstić information content (AvgIpc) is 2.78. The third kappa shape index (κ3) is 6.85. The van der Waals surface area contributed by atoms with E-state index in [0.29, 0.717) is 0 Å². The second-order valence-electron chi connectivity index (χ2n) is 7.23. The maximum absolute atomic E-state index is 10.5. The lowest BCUT2D eigenvalue weighted by molar-refractivity contribution is 0.463. The molecule has 0 saturated carbocycles. The smallest absolute Gasteiger partial charge is 0.169 e. The third-order valence-electron chi connectivity index (χ3n) is 4.67. The van der Waals surface area contributed by atoms with Gasteiger partial charge in [-0.05, 0) is 62.4 Å². The fourth-order valence-electron chi connectivity index (χ4n) is 3.20. The Balaban J connectivity index is 0.000000218. The molecule has 0 aliphatic heterocycles. The summed E-state index contributed by atoms with van der Waals surface area (Å²) >= 11 is 10.9. The van der Waals surface area contributed by atoms with Gasteiger partial charge >= 0.3 is 0 Å². The lowest BCUT2D eigenvalue weighted by Crippen LogP contribution is -2.06. The first-order valence-corrected chi connectivity index (χ1v) is 13.4. The predicted octanol–water partition coefficient (Wildman–Crippen LogP) is 7.30. The Bertz CT molecular complexity index is 1290. The molecule has 0 radical (unpaired) electrons. The van der Waals surface area contributed by atoms with Gasteiger partial charge in [0.1, 0.15) is 10.1 Å². The molecule has 0 unspecified atom stereocenters. The zero-order valence-electron chi connectivity index (χ0n) is 18.0. The first-order valence-electron chi connectivity index (χ1n) is 9.99. The van der Waals surface area contributed by atoms with Gasteiger partial charge in [0.2, 0.25) is 0 Å². The summed E-state index contributed by atoms with van der Waals surface area (Å²) in [5.74, 6) is 0. The Morgan fingerprint density at radius 1 is 0.727 bits per heavy atom. The topological polar surface area (TPSA) is 57.2 Å². The molecule has 0 bridgehead atoms. The fourth-order valence-corrected chi connectivity index (χ4v) is 6.64. The molecule has 4 rings (SSSR count). The highest BCUT2D eigenvalue weighted by Gasteiger charge is 2.29. The number of rotatable bonds is 4. The minimum absolute atomic E-state index is 0.0345. The number of aryl methyl sites for hydroxylation is 2. The number of hydrogen-bond acceptors (Lipinski definition) is 3. The van der Waals surface area contributed by atoms with Crippen LogP contribution in [0, 0.1) is 13.8 Å². The molecule has 4 aromatic rings. The molecule has 0 atom stereocenters. The Hall–Kier alpha value is -2.28. The van der Waals surface area contributed by atoms with Crippen molar-refractivity contribution < 1.29 is 13.0 Å². The molecular weight excluding hydrogens is 495 g/mol. The zero-order chi connectivity index (χ0) is 24.0. The number of hydrogen-bond donors (Lipinski definition) is 0. The monoisotopic (exact) mass is 516 g/mol. The minimum atomic E-state index is -4.52. The second kappa shape index (κ2) is 11.2. The summed E-state index contributed by atoms with van der Waals surface area (Å²) in [5.41, 5.74) is 2.69. The second-order valence-corrected chi connectivity index (χ2v) is 11.4. The van der Waals surface area contributed by atoms with Crippen molar-refractivity contribution in [1.29, 1.82) is 0 Å². The van der Waals surface area contributed by atoms with Crippen molar-refractivity contribution >= 4 is 44.2 Å². The molecule has 0 aromatic heterocycles. The van der Waals surface area contributed by atoms with Crippen molar-refractivity contribution in [2.24, 2.45) is 0 Å². The van der Waals surface area contributed by atoms with E-state index in [9.17, 15) is 13.0 Å². The van der Waals surface area contributed by atoms with Gasteiger partial charge < -0.3 is 4.55 Å². The van der Waals surface area contributed by atoms with E-state index in [2.05, 4.69) is 92.7 Å². The summed E-state index contributed by atoms with van der Waals surface area (Å²) in [4.78, 5) is 3.67. The SMILES string of the molecule is Cc1ccc([S+](c2ccccc2)c2ccccc2)c(C)c1.O=S(=O)([O-])c1cc(Cl)ccc1Cl. The van der Waals surface area contributed by atoms with Gasteiger partial charge in [-0.15, -0.1) is 0 Å². The summed E-state index contributed by atoms with van der Waals surface area (Å²) in [6.07, 6.45) is 0. The fraction of sp³-hybridized carbons (Fsp3) is 0.0769. The molecule has 0 aliphatic rings.